The molecule has 2 N–H and O–H groups in total. The number of benzene rings is 1. The molecule has 1 aromatic carbocycles. The molecule has 0 spiro atoms. The molecule has 1 aromatic rings. The first-order valence-electron chi connectivity index (χ1n) is 6.73. The van der Waals surface area contributed by atoms with E-state index in [2.05, 4.69) is 10.6 Å². The number of ether oxygens (including phenoxy) is 1. The molecule has 0 aromatic heterocycles. The van der Waals surface area contributed by atoms with Crippen LogP contribution in [0.2, 0.25) is 0 Å². The minimum absolute atomic E-state index is 0.0361. The molecule has 0 saturated carbocycles. The highest BCUT2D eigenvalue weighted by molar-refractivity contribution is 5.86. The van der Waals surface area contributed by atoms with Gasteiger partial charge < -0.3 is 15.4 Å². The molecule has 2 amide bonds. The Labute approximate surface area is 119 Å². The van der Waals surface area contributed by atoms with Crippen molar-refractivity contribution < 1.29 is 14.3 Å². The Morgan fingerprint density at radius 2 is 1.85 bits per heavy atom. The average molecular weight is 278 g/mol. The van der Waals surface area contributed by atoms with Gasteiger partial charge in [0.1, 0.15) is 18.4 Å². The van der Waals surface area contributed by atoms with Crippen molar-refractivity contribution in [3.05, 3.63) is 30.3 Å². The molecular formula is C15H22N2O3. The number of hydrogen-bond acceptors (Lipinski definition) is 3. The van der Waals surface area contributed by atoms with Gasteiger partial charge in [0.05, 0.1) is 6.54 Å². The van der Waals surface area contributed by atoms with E-state index in [1.165, 1.54) is 6.92 Å². The van der Waals surface area contributed by atoms with Crippen molar-refractivity contribution in [3.63, 3.8) is 0 Å². The zero-order valence-corrected chi connectivity index (χ0v) is 12.2. The normalized spacial score (nSPS) is 11.8. The summed E-state index contributed by atoms with van der Waals surface area (Å²) in [5.74, 6) is 0.407. The van der Waals surface area contributed by atoms with E-state index in [-0.39, 0.29) is 17.7 Å². The van der Waals surface area contributed by atoms with Crippen LogP contribution in [0.25, 0.3) is 0 Å². The van der Waals surface area contributed by atoms with Crippen LogP contribution in [-0.2, 0) is 9.59 Å². The second kappa shape index (κ2) is 8.19. The smallest absolute Gasteiger partial charge is 0.242 e. The molecule has 1 atom stereocenters. The maximum absolute atomic E-state index is 12.0. The topological polar surface area (TPSA) is 67.4 Å². The first-order chi connectivity index (χ1) is 9.50. The van der Waals surface area contributed by atoms with Gasteiger partial charge in [-0.1, -0.05) is 32.0 Å². The number of hydrogen-bond donors (Lipinski definition) is 2. The highest BCUT2D eigenvalue weighted by Gasteiger charge is 2.22. The third kappa shape index (κ3) is 5.73. The zero-order chi connectivity index (χ0) is 15.0. The molecule has 0 fully saturated rings. The van der Waals surface area contributed by atoms with Crippen molar-refractivity contribution in [3.8, 4) is 5.75 Å². The molecule has 0 aliphatic rings. The van der Waals surface area contributed by atoms with E-state index in [1.807, 2.05) is 44.2 Å². The van der Waals surface area contributed by atoms with Crippen molar-refractivity contribution in [2.75, 3.05) is 13.2 Å². The summed E-state index contributed by atoms with van der Waals surface area (Å²) in [5.41, 5.74) is 0. The number of nitrogens with one attached hydrogen (secondary N) is 2. The van der Waals surface area contributed by atoms with Gasteiger partial charge in [-0.25, -0.2) is 0 Å². The predicted molar refractivity (Wildman–Crippen MR) is 77.4 cm³/mol. The average Bonchev–Trinajstić information content (AvgIpc) is 2.41. The van der Waals surface area contributed by atoms with E-state index in [4.69, 9.17) is 4.74 Å². The van der Waals surface area contributed by atoms with Crippen molar-refractivity contribution in [1.82, 2.24) is 10.6 Å². The van der Waals surface area contributed by atoms with Gasteiger partial charge in [-0.15, -0.1) is 0 Å². The van der Waals surface area contributed by atoms with Crippen LogP contribution >= 0.6 is 0 Å². The van der Waals surface area contributed by atoms with E-state index in [1.54, 1.807) is 0 Å². The van der Waals surface area contributed by atoms with Crippen molar-refractivity contribution in [1.29, 1.82) is 0 Å². The standard InChI is InChI=1S/C15H22N2O3/c1-11(2)14(17-12(3)18)15(19)16-9-10-20-13-7-5-4-6-8-13/h4-8,11,14H,9-10H2,1-3H3,(H,16,19)(H,17,18). The highest BCUT2D eigenvalue weighted by Crippen LogP contribution is 2.07. The van der Waals surface area contributed by atoms with Crippen LogP contribution in [0.4, 0.5) is 0 Å². The number of rotatable bonds is 7. The first-order valence-corrected chi connectivity index (χ1v) is 6.73. The fourth-order valence-corrected chi connectivity index (χ4v) is 1.72. The summed E-state index contributed by atoms with van der Waals surface area (Å²) >= 11 is 0. The van der Waals surface area contributed by atoms with E-state index in [9.17, 15) is 9.59 Å². The van der Waals surface area contributed by atoms with Crippen molar-refractivity contribution in [2.45, 2.75) is 26.8 Å². The summed E-state index contributed by atoms with van der Waals surface area (Å²) in [6, 6.07) is 8.89. The Bertz CT molecular complexity index is 432. The Kier molecular flexibility index (Phi) is 6.56. The molecular weight excluding hydrogens is 256 g/mol. The number of amides is 2. The van der Waals surface area contributed by atoms with Gasteiger partial charge >= 0.3 is 0 Å². The third-order valence-electron chi connectivity index (χ3n) is 2.72. The molecule has 0 aliphatic heterocycles. The number of carbonyl (C=O) groups is 2. The van der Waals surface area contributed by atoms with Gasteiger partial charge in [0.2, 0.25) is 11.8 Å². The van der Waals surface area contributed by atoms with Gasteiger partial charge in [0.25, 0.3) is 0 Å². The van der Waals surface area contributed by atoms with Crippen LogP contribution in [0.3, 0.4) is 0 Å². The minimum atomic E-state index is -0.510. The monoisotopic (exact) mass is 278 g/mol. The van der Waals surface area contributed by atoms with E-state index in [0.29, 0.717) is 13.2 Å². The molecule has 5 nitrogen and oxygen atoms in total. The van der Waals surface area contributed by atoms with Gasteiger partial charge in [0, 0.05) is 6.92 Å². The van der Waals surface area contributed by atoms with E-state index < -0.39 is 6.04 Å². The van der Waals surface area contributed by atoms with Crippen LogP contribution in [0.1, 0.15) is 20.8 Å². The number of carbonyl (C=O) groups excluding carboxylic acids is 2. The summed E-state index contributed by atoms with van der Waals surface area (Å²) in [6.07, 6.45) is 0. The molecule has 0 radical (unpaired) electrons. The molecule has 0 saturated heterocycles. The maximum Gasteiger partial charge on any atom is 0.242 e. The van der Waals surface area contributed by atoms with Gasteiger partial charge in [-0.05, 0) is 18.1 Å². The summed E-state index contributed by atoms with van der Waals surface area (Å²) in [6.45, 7) is 5.97. The lowest BCUT2D eigenvalue weighted by Gasteiger charge is -2.20. The van der Waals surface area contributed by atoms with Gasteiger partial charge in [-0.3, -0.25) is 9.59 Å². The third-order valence-corrected chi connectivity index (χ3v) is 2.72. The largest absolute Gasteiger partial charge is 0.492 e. The molecule has 0 aliphatic carbocycles. The quantitative estimate of drug-likeness (QED) is 0.740. The lowest BCUT2D eigenvalue weighted by atomic mass is 10.0. The second-order valence-electron chi connectivity index (χ2n) is 4.87. The maximum atomic E-state index is 12.0. The van der Waals surface area contributed by atoms with Crippen molar-refractivity contribution in [2.24, 2.45) is 5.92 Å². The van der Waals surface area contributed by atoms with E-state index in [0.717, 1.165) is 5.75 Å². The van der Waals surface area contributed by atoms with Crippen molar-refractivity contribution >= 4 is 11.8 Å². The molecule has 5 heteroatoms. The van der Waals surface area contributed by atoms with Crippen LogP contribution in [-0.4, -0.2) is 31.0 Å². The minimum Gasteiger partial charge on any atom is -0.492 e. The fraction of sp³-hybridized carbons (Fsp3) is 0.467. The first kappa shape index (κ1) is 16.0. The van der Waals surface area contributed by atoms with Crippen LogP contribution in [0, 0.1) is 5.92 Å². The van der Waals surface area contributed by atoms with Gasteiger partial charge in [-0.2, -0.15) is 0 Å². The summed E-state index contributed by atoms with van der Waals surface area (Å²) < 4.78 is 5.48. The molecule has 1 rings (SSSR count). The SMILES string of the molecule is CC(=O)NC(C(=O)NCCOc1ccccc1)C(C)C. The lowest BCUT2D eigenvalue weighted by Crippen LogP contribution is -2.49. The Morgan fingerprint density at radius 3 is 2.40 bits per heavy atom. The molecule has 1 unspecified atom stereocenters. The zero-order valence-electron chi connectivity index (χ0n) is 12.2. The predicted octanol–water partition coefficient (Wildman–Crippen LogP) is 1.34. The molecule has 110 valence electrons. The Morgan fingerprint density at radius 1 is 1.20 bits per heavy atom. The number of para-hydroxylation sites is 1. The summed E-state index contributed by atoms with van der Waals surface area (Å²) in [7, 11) is 0. The molecule has 0 bridgehead atoms. The highest BCUT2D eigenvalue weighted by atomic mass is 16.5. The second-order valence-corrected chi connectivity index (χ2v) is 4.87. The Hall–Kier alpha value is -2.04. The van der Waals surface area contributed by atoms with Gasteiger partial charge in [0.15, 0.2) is 0 Å². The van der Waals surface area contributed by atoms with Crippen LogP contribution in [0.5, 0.6) is 5.75 Å². The summed E-state index contributed by atoms with van der Waals surface area (Å²) in [4.78, 5) is 23.0. The van der Waals surface area contributed by atoms with E-state index >= 15 is 0 Å². The lowest BCUT2D eigenvalue weighted by molar-refractivity contribution is -0.129. The fourth-order valence-electron chi connectivity index (χ4n) is 1.72. The molecule has 0 heterocycles. The van der Waals surface area contributed by atoms with Crippen LogP contribution in [0.15, 0.2) is 30.3 Å². The summed E-state index contributed by atoms with van der Waals surface area (Å²) in [5, 5.41) is 5.41. The van der Waals surface area contributed by atoms with Crippen LogP contribution < -0.4 is 15.4 Å². The molecule has 20 heavy (non-hydrogen) atoms. The Balaban J connectivity index is 2.32.